The van der Waals surface area contributed by atoms with Gasteiger partial charge in [0.05, 0.1) is 4.91 Å². The van der Waals surface area contributed by atoms with E-state index in [0.29, 0.717) is 14.8 Å². The summed E-state index contributed by atoms with van der Waals surface area (Å²) in [5.74, 6) is -0.626. The third kappa shape index (κ3) is 2.36. The van der Waals surface area contributed by atoms with Crippen molar-refractivity contribution in [2.45, 2.75) is 0 Å². The molecule has 0 N–H and O–H groups in total. The molecule has 2 rings (SSSR count). The van der Waals surface area contributed by atoms with Crippen LogP contribution in [0.25, 0.3) is 6.08 Å². The first-order chi connectivity index (χ1) is 7.70. The number of amides is 1. The van der Waals surface area contributed by atoms with E-state index >= 15 is 0 Å². The van der Waals surface area contributed by atoms with Crippen LogP contribution >= 0.6 is 23.5 Å². The molecule has 0 aliphatic carbocycles. The number of aliphatic imine (C=N–C) groups is 1. The van der Waals surface area contributed by atoms with E-state index in [1.807, 2.05) is 6.26 Å². The van der Waals surface area contributed by atoms with Crippen LogP contribution < -0.4 is 0 Å². The van der Waals surface area contributed by atoms with Crippen LogP contribution in [0.2, 0.25) is 0 Å². The van der Waals surface area contributed by atoms with E-state index in [-0.39, 0.29) is 11.7 Å². The minimum Gasteiger partial charge on any atom is -0.266 e. The average Bonchev–Trinajstić information content (AvgIpc) is 2.63. The summed E-state index contributed by atoms with van der Waals surface area (Å²) < 4.78 is 14.0. The van der Waals surface area contributed by atoms with Crippen molar-refractivity contribution in [3.8, 4) is 0 Å². The largest absolute Gasteiger partial charge is 0.285 e. The summed E-state index contributed by atoms with van der Waals surface area (Å²) in [6.07, 6.45) is 3.39. The van der Waals surface area contributed by atoms with Crippen molar-refractivity contribution >= 4 is 39.9 Å². The maximum atomic E-state index is 13.3. The summed E-state index contributed by atoms with van der Waals surface area (Å²) in [4.78, 5) is 15.7. The quantitative estimate of drug-likeness (QED) is 0.720. The van der Waals surface area contributed by atoms with E-state index in [1.165, 1.54) is 35.7 Å². The molecule has 0 atom stereocenters. The van der Waals surface area contributed by atoms with Gasteiger partial charge in [-0.3, -0.25) is 4.79 Å². The molecule has 0 fully saturated rings. The number of hydrogen-bond acceptors (Lipinski definition) is 3. The van der Waals surface area contributed by atoms with Crippen molar-refractivity contribution in [1.29, 1.82) is 0 Å². The van der Waals surface area contributed by atoms with E-state index in [9.17, 15) is 9.18 Å². The summed E-state index contributed by atoms with van der Waals surface area (Å²) in [5, 5.41) is 0. The van der Waals surface area contributed by atoms with Crippen LogP contribution in [-0.4, -0.2) is 16.5 Å². The van der Waals surface area contributed by atoms with E-state index in [2.05, 4.69) is 4.99 Å². The van der Waals surface area contributed by atoms with Crippen LogP contribution in [-0.2, 0) is 4.79 Å². The Morgan fingerprint density at radius 1 is 1.44 bits per heavy atom. The van der Waals surface area contributed by atoms with E-state index in [1.54, 1.807) is 18.2 Å². The topological polar surface area (TPSA) is 29.4 Å². The third-order valence-corrected chi connectivity index (χ3v) is 3.94. The van der Waals surface area contributed by atoms with Gasteiger partial charge in [0.15, 0.2) is 0 Å². The SMILES string of the molecule is CSC1=NC(=O)C(=Cc2ccccc2F)S1. The standard InChI is InChI=1S/C11H8FNOS2/c1-15-11-13-10(14)9(16-11)6-7-4-2-3-5-8(7)12/h2-6H,1H3. The second kappa shape index (κ2) is 4.84. The molecule has 1 aliphatic heterocycles. The van der Waals surface area contributed by atoms with Crippen molar-refractivity contribution in [3.05, 3.63) is 40.6 Å². The molecule has 0 radical (unpaired) electrons. The Kier molecular flexibility index (Phi) is 3.46. The van der Waals surface area contributed by atoms with Crippen LogP contribution in [0.4, 0.5) is 4.39 Å². The summed E-state index contributed by atoms with van der Waals surface area (Å²) in [7, 11) is 0. The number of rotatable bonds is 1. The first kappa shape index (κ1) is 11.4. The molecule has 2 nitrogen and oxygen atoms in total. The van der Waals surface area contributed by atoms with Crippen LogP contribution in [0.1, 0.15) is 5.56 Å². The molecular formula is C11H8FNOS2. The van der Waals surface area contributed by atoms with Crippen LogP contribution in [0.5, 0.6) is 0 Å². The van der Waals surface area contributed by atoms with Gasteiger partial charge < -0.3 is 0 Å². The molecule has 0 unspecified atom stereocenters. The maximum Gasteiger partial charge on any atom is 0.285 e. The molecule has 1 heterocycles. The molecule has 0 saturated heterocycles. The predicted octanol–water partition coefficient (Wildman–Crippen LogP) is 3.16. The molecule has 1 aromatic rings. The van der Waals surface area contributed by atoms with Crippen LogP contribution in [0.15, 0.2) is 34.2 Å². The number of halogens is 1. The van der Waals surface area contributed by atoms with Crippen molar-refractivity contribution in [2.24, 2.45) is 4.99 Å². The minimum absolute atomic E-state index is 0.294. The second-order valence-corrected chi connectivity index (χ2v) is 5.10. The first-order valence-corrected chi connectivity index (χ1v) is 6.56. The van der Waals surface area contributed by atoms with Crippen LogP contribution in [0.3, 0.4) is 0 Å². The number of carbonyl (C=O) groups excluding carboxylic acids is 1. The summed E-state index contributed by atoms with van der Waals surface area (Å²) in [6.45, 7) is 0. The van der Waals surface area contributed by atoms with Gasteiger partial charge in [-0.05, 0) is 18.4 Å². The third-order valence-electron chi connectivity index (χ3n) is 1.97. The molecule has 1 amide bonds. The number of thioether (sulfide) groups is 2. The fourth-order valence-corrected chi connectivity index (χ4v) is 2.62. The molecule has 0 spiro atoms. The van der Waals surface area contributed by atoms with Gasteiger partial charge in [0.1, 0.15) is 10.2 Å². The van der Waals surface area contributed by atoms with Crippen molar-refractivity contribution in [1.82, 2.24) is 0 Å². The van der Waals surface area contributed by atoms with Crippen LogP contribution in [0, 0.1) is 5.82 Å². The molecule has 1 aromatic carbocycles. The second-order valence-electron chi connectivity index (χ2n) is 3.02. The molecule has 1 aliphatic rings. The zero-order valence-corrected chi connectivity index (χ0v) is 10.1. The van der Waals surface area contributed by atoms with Gasteiger partial charge in [-0.15, -0.1) is 11.8 Å². The Balaban J connectivity index is 2.28. The number of carbonyl (C=O) groups is 1. The monoisotopic (exact) mass is 253 g/mol. The average molecular weight is 253 g/mol. The van der Waals surface area contributed by atoms with Gasteiger partial charge >= 0.3 is 0 Å². The molecule has 0 saturated carbocycles. The van der Waals surface area contributed by atoms with Gasteiger partial charge in [-0.2, -0.15) is 4.99 Å². The lowest BCUT2D eigenvalue weighted by molar-refractivity contribution is -0.113. The Morgan fingerprint density at radius 2 is 2.19 bits per heavy atom. The van der Waals surface area contributed by atoms with Gasteiger partial charge in [-0.25, -0.2) is 4.39 Å². The number of benzene rings is 1. The predicted molar refractivity (Wildman–Crippen MR) is 67.9 cm³/mol. The van der Waals surface area contributed by atoms with Gasteiger partial charge in [0.2, 0.25) is 0 Å². The summed E-state index contributed by atoms with van der Waals surface area (Å²) >= 11 is 2.69. The van der Waals surface area contributed by atoms with Gasteiger partial charge in [0.25, 0.3) is 5.91 Å². The fraction of sp³-hybridized carbons (Fsp3) is 0.0909. The van der Waals surface area contributed by atoms with E-state index in [4.69, 9.17) is 0 Å². The molecule has 16 heavy (non-hydrogen) atoms. The molecular weight excluding hydrogens is 245 g/mol. The maximum absolute atomic E-state index is 13.3. The Morgan fingerprint density at radius 3 is 2.81 bits per heavy atom. The zero-order valence-electron chi connectivity index (χ0n) is 8.44. The summed E-state index contributed by atoms with van der Waals surface area (Å²) in [6, 6.07) is 6.35. The number of nitrogens with zero attached hydrogens (tertiary/aromatic N) is 1. The lowest BCUT2D eigenvalue weighted by Crippen LogP contribution is -1.89. The lowest BCUT2D eigenvalue weighted by atomic mass is 10.2. The lowest BCUT2D eigenvalue weighted by Gasteiger charge is -1.97. The summed E-state index contributed by atoms with van der Waals surface area (Å²) in [5.41, 5.74) is 0.413. The smallest absolute Gasteiger partial charge is 0.266 e. The van der Waals surface area contributed by atoms with Crippen molar-refractivity contribution in [2.75, 3.05) is 6.26 Å². The molecule has 5 heteroatoms. The highest BCUT2D eigenvalue weighted by Crippen LogP contribution is 2.32. The van der Waals surface area contributed by atoms with E-state index in [0.717, 1.165) is 0 Å². The van der Waals surface area contributed by atoms with Gasteiger partial charge in [-0.1, -0.05) is 30.0 Å². The highest BCUT2D eigenvalue weighted by Gasteiger charge is 2.21. The highest BCUT2D eigenvalue weighted by atomic mass is 32.2. The molecule has 0 bridgehead atoms. The highest BCUT2D eigenvalue weighted by molar-refractivity contribution is 8.40. The normalized spacial score (nSPS) is 18.0. The first-order valence-electron chi connectivity index (χ1n) is 4.52. The van der Waals surface area contributed by atoms with E-state index < -0.39 is 0 Å². The molecule has 0 aromatic heterocycles. The Labute approximate surface area is 101 Å². The Hall–Kier alpha value is -1.07. The van der Waals surface area contributed by atoms with Gasteiger partial charge in [0, 0.05) is 5.56 Å². The number of hydrogen-bond donors (Lipinski definition) is 0. The van der Waals surface area contributed by atoms with Crippen molar-refractivity contribution < 1.29 is 9.18 Å². The Bertz CT molecular complexity index is 497. The minimum atomic E-state index is -0.332. The van der Waals surface area contributed by atoms with Crippen molar-refractivity contribution in [3.63, 3.8) is 0 Å². The molecule has 82 valence electrons. The fourth-order valence-electron chi connectivity index (χ4n) is 1.21. The zero-order chi connectivity index (χ0) is 11.5.